The maximum Gasteiger partial charge on any atom is 0.202 e. The monoisotopic (exact) mass is 214 g/mol. The van der Waals surface area contributed by atoms with E-state index in [-0.39, 0.29) is 0 Å². The summed E-state index contributed by atoms with van der Waals surface area (Å²) in [6.45, 7) is 6.41. The fraction of sp³-hybridized carbons (Fsp3) is 0.778. The smallest absolute Gasteiger partial charge is 0.202 e. The number of likely N-dealkylation sites (N-methyl/N-ethyl adjacent to an activating group) is 1. The van der Waals surface area contributed by atoms with Crippen LogP contribution in [0.2, 0.25) is 0 Å². The molecule has 0 radical (unpaired) electrons. The van der Waals surface area contributed by atoms with Crippen LogP contribution in [0.25, 0.3) is 0 Å². The van der Waals surface area contributed by atoms with Crippen molar-refractivity contribution in [1.82, 2.24) is 14.3 Å². The molecule has 0 aliphatic heterocycles. The van der Waals surface area contributed by atoms with Crippen LogP contribution >= 0.6 is 11.5 Å². The summed E-state index contributed by atoms with van der Waals surface area (Å²) in [6.07, 6.45) is 2.76. The van der Waals surface area contributed by atoms with Crippen molar-refractivity contribution in [2.75, 3.05) is 25.5 Å². The van der Waals surface area contributed by atoms with Gasteiger partial charge in [0.25, 0.3) is 0 Å². The molecule has 0 saturated carbocycles. The number of aromatic nitrogens is 2. The minimum atomic E-state index is 0.645. The molecule has 1 unspecified atom stereocenters. The average molecular weight is 214 g/mol. The van der Waals surface area contributed by atoms with Crippen LogP contribution in [0.5, 0.6) is 0 Å². The van der Waals surface area contributed by atoms with Gasteiger partial charge in [0.2, 0.25) is 5.13 Å². The van der Waals surface area contributed by atoms with E-state index in [0.29, 0.717) is 6.04 Å². The predicted molar refractivity (Wildman–Crippen MR) is 60.8 cm³/mol. The molecule has 1 aromatic rings. The second kappa shape index (κ2) is 5.93. The van der Waals surface area contributed by atoms with Gasteiger partial charge in [-0.25, -0.2) is 4.98 Å². The number of hydrogen-bond acceptors (Lipinski definition) is 5. The highest BCUT2D eigenvalue weighted by atomic mass is 32.1. The summed E-state index contributed by atoms with van der Waals surface area (Å²) in [5, 5.41) is 4.14. The second-order valence-corrected chi connectivity index (χ2v) is 4.19. The lowest BCUT2D eigenvalue weighted by Crippen LogP contribution is -2.32. The third kappa shape index (κ3) is 3.59. The average Bonchev–Trinajstić information content (AvgIpc) is 2.69. The van der Waals surface area contributed by atoms with E-state index in [1.165, 1.54) is 18.0 Å². The van der Waals surface area contributed by atoms with Gasteiger partial charge in [-0.1, -0.05) is 6.92 Å². The molecule has 0 amide bonds. The molecule has 5 heteroatoms. The number of hydrogen-bond donors (Lipinski definition) is 1. The SMILES string of the molecule is CCC(C)N(C)CCNc1ncns1. The molecule has 0 fully saturated rings. The van der Waals surface area contributed by atoms with Gasteiger partial charge in [0.1, 0.15) is 6.33 Å². The largest absolute Gasteiger partial charge is 0.359 e. The summed E-state index contributed by atoms with van der Waals surface area (Å²) < 4.78 is 3.93. The second-order valence-electron chi connectivity index (χ2n) is 3.41. The van der Waals surface area contributed by atoms with Crippen molar-refractivity contribution >= 4 is 16.7 Å². The lowest BCUT2D eigenvalue weighted by Gasteiger charge is -2.23. The van der Waals surface area contributed by atoms with Crippen LogP contribution in [0.3, 0.4) is 0 Å². The van der Waals surface area contributed by atoms with Crippen molar-refractivity contribution in [1.29, 1.82) is 0 Å². The molecule has 1 heterocycles. The van der Waals surface area contributed by atoms with Gasteiger partial charge in [0.05, 0.1) is 0 Å². The van der Waals surface area contributed by atoms with Crippen LogP contribution in [0, 0.1) is 0 Å². The van der Waals surface area contributed by atoms with Crippen LogP contribution in [-0.2, 0) is 0 Å². The third-order valence-corrected chi connectivity index (χ3v) is 3.07. The molecular weight excluding hydrogens is 196 g/mol. The number of rotatable bonds is 6. The van der Waals surface area contributed by atoms with Gasteiger partial charge in [-0.3, -0.25) is 0 Å². The van der Waals surface area contributed by atoms with Crippen LogP contribution in [0.15, 0.2) is 6.33 Å². The zero-order valence-electron chi connectivity index (χ0n) is 9.03. The zero-order valence-corrected chi connectivity index (χ0v) is 9.84. The van der Waals surface area contributed by atoms with Crippen LogP contribution in [-0.4, -0.2) is 40.4 Å². The first-order valence-electron chi connectivity index (χ1n) is 4.94. The maximum atomic E-state index is 4.06. The zero-order chi connectivity index (χ0) is 10.4. The molecule has 0 aromatic carbocycles. The molecule has 0 aliphatic rings. The molecular formula is C9H18N4S. The van der Waals surface area contributed by atoms with Crippen molar-refractivity contribution in [3.8, 4) is 0 Å². The molecule has 1 aromatic heterocycles. The highest BCUT2D eigenvalue weighted by Gasteiger charge is 2.05. The molecule has 14 heavy (non-hydrogen) atoms. The summed E-state index contributed by atoms with van der Waals surface area (Å²) in [5.41, 5.74) is 0. The summed E-state index contributed by atoms with van der Waals surface area (Å²) in [4.78, 5) is 6.40. The minimum Gasteiger partial charge on any atom is -0.359 e. The Morgan fingerprint density at radius 2 is 2.43 bits per heavy atom. The van der Waals surface area contributed by atoms with E-state index < -0.39 is 0 Å². The van der Waals surface area contributed by atoms with Crippen molar-refractivity contribution in [3.63, 3.8) is 0 Å². The van der Waals surface area contributed by atoms with Gasteiger partial charge in [0.15, 0.2) is 0 Å². The Kier molecular flexibility index (Phi) is 4.82. The fourth-order valence-electron chi connectivity index (χ4n) is 1.12. The molecule has 0 saturated heterocycles. The van der Waals surface area contributed by atoms with Crippen molar-refractivity contribution in [2.24, 2.45) is 0 Å². The fourth-order valence-corrected chi connectivity index (χ4v) is 1.58. The highest BCUT2D eigenvalue weighted by Crippen LogP contribution is 2.06. The van der Waals surface area contributed by atoms with Crippen LogP contribution in [0.1, 0.15) is 20.3 Å². The molecule has 80 valence electrons. The Hall–Kier alpha value is -0.680. The number of anilines is 1. The maximum absolute atomic E-state index is 4.06. The summed E-state index contributed by atoms with van der Waals surface area (Å²) in [5.74, 6) is 0. The molecule has 0 spiro atoms. The first kappa shape index (κ1) is 11.4. The van der Waals surface area contributed by atoms with Gasteiger partial charge in [-0.15, -0.1) is 0 Å². The van der Waals surface area contributed by atoms with E-state index in [1.54, 1.807) is 6.33 Å². The molecule has 4 nitrogen and oxygen atoms in total. The lowest BCUT2D eigenvalue weighted by atomic mass is 10.2. The predicted octanol–water partition coefficient (Wildman–Crippen LogP) is 1.68. The topological polar surface area (TPSA) is 41.0 Å². The molecule has 1 N–H and O–H groups in total. The van der Waals surface area contributed by atoms with E-state index in [1.807, 2.05) is 0 Å². The van der Waals surface area contributed by atoms with E-state index >= 15 is 0 Å². The Morgan fingerprint density at radius 3 is 3.00 bits per heavy atom. The summed E-state index contributed by atoms with van der Waals surface area (Å²) in [7, 11) is 2.15. The molecule has 0 aliphatic carbocycles. The van der Waals surface area contributed by atoms with Crippen molar-refractivity contribution in [2.45, 2.75) is 26.3 Å². The normalized spacial score (nSPS) is 13.1. The standard InChI is InChI=1S/C9H18N4S/c1-4-8(2)13(3)6-5-10-9-11-7-12-14-9/h7-8H,4-6H2,1-3H3,(H,10,11,12). The van der Waals surface area contributed by atoms with E-state index in [4.69, 9.17) is 0 Å². The Labute approximate surface area is 89.5 Å². The van der Waals surface area contributed by atoms with Gasteiger partial charge in [0, 0.05) is 30.7 Å². The van der Waals surface area contributed by atoms with Crippen LogP contribution in [0.4, 0.5) is 5.13 Å². The number of nitrogens with one attached hydrogen (secondary N) is 1. The van der Waals surface area contributed by atoms with E-state index in [0.717, 1.165) is 18.2 Å². The summed E-state index contributed by atoms with van der Waals surface area (Å²) in [6, 6.07) is 0.645. The lowest BCUT2D eigenvalue weighted by molar-refractivity contribution is 0.261. The van der Waals surface area contributed by atoms with E-state index in [9.17, 15) is 0 Å². The quantitative estimate of drug-likeness (QED) is 0.782. The van der Waals surface area contributed by atoms with Gasteiger partial charge in [-0.05, 0) is 20.4 Å². The highest BCUT2D eigenvalue weighted by molar-refractivity contribution is 7.09. The van der Waals surface area contributed by atoms with Gasteiger partial charge >= 0.3 is 0 Å². The molecule has 0 bridgehead atoms. The minimum absolute atomic E-state index is 0.645. The van der Waals surface area contributed by atoms with E-state index in [2.05, 4.69) is 40.5 Å². The molecule has 1 atom stereocenters. The third-order valence-electron chi connectivity index (χ3n) is 2.45. The Morgan fingerprint density at radius 1 is 1.64 bits per heavy atom. The Balaban J connectivity index is 2.15. The molecule has 1 rings (SSSR count). The Bertz CT molecular complexity index is 237. The first-order chi connectivity index (χ1) is 6.74. The van der Waals surface area contributed by atoms with Crippen LogP contribution < -0.4 is 5.32 Å². The van der Waals surface area contributed by atoms with Gasteiger partial charge < -0.3 is 10.2 Å². The number of nitrogens with zero attached hydrogens (tertiary/aromatic N) is 3. The summed E-state index contributed by atoms with van der Waals surface area (Å²) >= 11 is 1.40. The van der Waals surface area contributed by atoms with Gasteiger partial charge in [-0.2, -0.15) is 4.37 Å². The van der Waals surface area contributed by atoms with Crippen molar-refractivity contribution in [3.05, 3.63) is 6.33 Å². The van der Waals surface area contributed by atoms with Crippen molar-refractivity contribution < 1.29 is 0 Å². The first-order valence-corrected chi connectivity index (χ1v) is 5.72.